The fourth-order valence-corrected chi connectivity index (χ4v) is 25.0. The average molecular weight is 1890 g/mol. The van der Waals surface area contributed by atoms with Crippen LogP contribution in [0, 0.1) is 62.6 Å². The number of carbonyl (C=O) groups excluding carboxylic acids is 9. The van der Waals surface area contributed by atoms with E-state index in [1.54, 1.807) is 224 Å². The summed E-state index contributed by atoms with van der Waals surface area (Å²) in [4.78, 5) is 135. The molecule has 9 aromatic rings. The van der Waals surface area contributed by atoms with Gasteiger partial charge < -0.3 is 75.8 Å². The number of hydrogen-bond acceptors (Lipinski definition) is 25. The van der Waals surface area contributed by atoms with Gasteiger partial charge in [-0.2, -0.15) is 0 Å². The molecule has 18 rings (SSSR count). The Labute approximate surface area is 809 Å². The van der Waals surface area contributed by atoms with Crippen LogP contribution in [0.4, 0.5) is 0 Å². The average Bonchev–Trinajstić information content (AvgIpc) is 1.64. The lowest BCUT2D eigenvalue weighted by Crippen LogP contribution is -2.70. The Morgan fingerprint density at radius 1 is 0.367 bits per heavy atom. The van der Waals surface area contributed by atoms with Gasteiger partial charge in [0.25, 0.3) is 0 Å². The second-order valence-corrected chi connectivity index (χ2v) is 39.6. The Kier molecular flexibility index (Phi) is 28.8. The standard InChI is InChI=1S/C114H118O25/c1-9-65-124-92-89-82(68-127-106(137-89)78-53-35-18-36-54-78)128-88(93(92)138-107-96(135-104(121)76-49-31-16-32-50-76)94(133-102(119)74-45-27-14-28-46-74)90(131-100(117)72-41-23-12-24-42-72)83(129-107)66-125-98(115)70-37-19-10-20-38-70)81-58-60-111(6)85(110(81,4)5)59-61-113(8)86(111)56-55-80-87-79(69(2)3)57-62-114(87,64-63-112(80,113)7)109(123)139-108-97(136-105(122)77-51-33-17-34-52-77)95(134-103(120)75-47-29-15-30-48-75)91(132-101(118)73-43-25-13-26-44-73)84(130-108)67-126-99(116)71-39-21-11-22-40-71/h9-54,79-97,106-108H,1-2,55-68H2,3-8H3/t79-,80+,81+,82+,83+,84+,85-,86+,87+,88-,89+,90+,91+,92-,93-,94-,95-,96+,97+,106?,107-,108-,111-,112+,113+,114-/m0/s1. The maximum atomic E-state index is 16.8. The van der Waals surface area contributed by atoms with Crippen molar-refractivity contribution in [3.63, 3.8) is 0 Å². The number of benzene rings is 9. The van der Waals surface area contributed by atoms with E-state index in [0.717, 1.165) is 43.2 Å². The summed E-state index contributed by atoms with van der Waals surface area (Å²) in [6.07, 6.45) is -15.1. The molecule has 4 heterocycles. The maximum absolute atomic E-state index is 16.8. The number of rotatable bonds is 28. The largest absolute Gasteiger partial charge is 0.459 e. The molecule has 9 aliphatic rings. The van der Waals surface area contributed by atoms with E-state index in [2.05, 4.69) is 47.8 Å². The zero-order valence-corrected chi connectivity index (χ0v) is 78.8. The molecule has 0 radical (unpaired) electrons. The molecule has 0 aromatic heterocycles. The number of allylic oxidation sites excluding steroid dienone is 1. The van der Waals surface area contributed by atoms with Gasteiger partial charge in [-0.25, -0.2) is 38.4 Å². The first-order valence-corrected chi connectivity index (χ1v) is 48.3. The molecular weight excluding hydrogens is 1770 g/mol. The van der Waals surface area contributed by atoms with Crippen molar-refractivity contribution in [3.05, 3.63) is 348 Å². The highest BCUT2D eigenvalue weighted by Crippen LogP contribution is 2.78. The molecule has 9 fully saturated rings. The molecule has 724 valence electrons. The smallest absolute Gasteiger partial charge is 0.338 e. The number of esters is 9. The zero-order chi connectivity index (χ0) is 96.9. The minimum absolute atomic E-state index is 0.0125. The Morgan fingerprint density at radius 2 is 0.770 bits per heavy atom. The summed E-state index contributed by atoms with van der Waals surface area (Å²) in [6, 6.07) is 74.9. The van der Waals surface area contributed by atoms with Gasteiger partial charge >= 0.3 is 53.7 Å². The SMILES string of the molecule is C=CCO[C@@H]1[C@@H](O[C@@H]2O[C@H](COC(=O)c3ccccc3)[C@@H](OC(=O)c3ccccc3)[C@H](OC(=O)c3ccccc3)[C@H]2OC(=O)c2ccccc2)[C@H]([C@H]2CC[C@]3(C)[C@H]4CC[C@@H]5[C@H]6[C@H](C(=C)C)CC[C@]6(C(=O)O[C@@H]6O[C@H](COC(=O)c7ccccc7)[C@@H](OC(=O)c7ccccc7)[C@H](OC(=O)c7ccccc7)[C@H]6OC(=O)c6ccccc6)CC[C@@]5(C)[C@]4(C)CC[C@H]3C2(C)C)O[C@@H]2COC(c3ccccc3)O[C@@H]12. The van der Waals surface area contributed by atoms with E-state index in [1.165, 1.54) is 24.3 Å². The number of carbonyl (C=O) groups is 9. The van der Waals surface area contributed by atoms with Crippen LogP contribution in [0.1, 0.15) is 200 Å². The van der Waals surface area contributed by atoms with Crippen LogP contribution in [0.15, 0.2) is 298 Å². The lowest BCUT2D eigenvalue weighted by atomic mass is 9.31. The summed E-state index contributed by atoms with van der Waals surface area (Å²) in [7, 11) is 0. The van der Waals surface area contributed by atoms with Gasteiger partial charge in [0.15, 0.2) is 43.1 Å². The second-order valence-electron chi connectivity index (χ2n) is 39.6. The molecule has 9 aromatic carbocycles. The van der Waals surface area contributed by atoms with Crippen LogP contribution < -0.4 is 0 Å². The van der Waals surface area contributed by atoms with Gasteiger partial charge in [-0.3, -0.25) is 4.79 Å². The van der Waals surface area contributed by atoms with Crippen molar-refractivity contribution >= 4 is 53.7 Å². The highest BCUT2D eigenvalue weighted by molar-refractivity contribution is 5.94. The van der Waals surface area contributed by atoms with Gasteiger partial charge in [-0.15, -0.1) is 6.58 Å². The van der Waals surface area contributed by atoms with E-state index >= 15 is 14.4 Å². The van der Waals surface area contributed by atoms with Gasteiger partial charge in [0, 0.05) is 5.56 Å². The van der Waals surface area contributed by atoms with E-state index in [-0.39, 0.29) is 104 Å². The first-order valence-electron chi connectivity index (χ1n) is 48.3. The quantitative estimate of drug-likeness (QED) is 0.0250. The molecule has 0 N–H and O–H groups in total. The van der Waals surface area contributed by atoms with Crippen LogP contribution in [0.25, 0.3) is 0 Å². The van der Waals surface area contributed by atoms with Gasteiger partial charge in [-0.1, -0.05) is 229 Å². The van der Waals surface area contributed by atoms with Crippen LogP contribution in [0.2, 0.25) is 0 Å². The molecule has 139 heavy (non-hydrogen) atoms. The molecule has 0 amide bonds. The van der Waals surface area contributed by atoms with Crippen LogP contribution >= 0.6 is 0 Å². The topological polar surface area (TPSA) is 301 Å². The van der Waals surface area contributed by atoms with Gasteiger partial charge in [0.05, 0.1) is 69.2 Å². The summed E-state index contributed by atoms with van der Waals surface area (Å²) < 4.78 is 109. The molecule has 0 spiro atoms. The van der Waals surface area contributed by atoms with Crippen molar-refractivity contribution in [1.82, 2.24) is 0 Å². The summed E-state index contributed by atoms with van der Waals surface area (Å²) in [5.41, 5.74) is -0.243. The van der Waals surface area contributed by atoms with Crippen molar-refractivity contribution < 1.29 is 119 Å². The number of hydrogen-bond donors (Lipinski definition) is 0. The summed E-state index contributed by atoms with van der Waals surface area (Å²) >= 11 is 0. The Balaban J connectivity index is 0.685. The van der Waals surface area contributed by atoms with Crippen molar-refractivity contribution in [2.45, 2.75) is 204 Å². The third-order valence-corrected chi connectivity index (χ3v) is 31.8. The molecule has 25 nitrogen and oxygen atoms in total. The van der Waals surface area contributed by atoms with E-state index < -0.39 is 181 Å². The van der Waals surface area contributed by atoms with Crippen molar-refractivity contribution in [1.29, 1.82) is 0 Å². The van der Waals surface area contributed by atoms with E-state index in [4.69, 9.17) is 75.8 Å². The first kappa shape index (κ1) is 96.7. The molecular formula is C114H118O25. The van der Waals surface area contributed by atoms with Crippen LogP contribution in [-0.2, 0) is 80.6 Å². The summed E-state index contributed by atoms with van der Waals surface area (Å²) in [5, 5.41) is 0. The predicted molar refractivity (Wildman–Crippen MR) is 507 cm³/mol. The molecule has 1 unspecified atom stereocenters. The normalized spacial score (nSPS) is 32.4. The Bertz CT molecular complexity index is 5860. The lowest BCUT2D eigenvalue weighted by molar-refractivity contribution is -0.377. The van der Waals surface area contributed by atoms with Crippen molar-refractivity contribution in [2.75, 3.05) is 26.4 Å². The summed E-state index contributed by atoms with van der Waals surface area (Å²) in [6.45, 7) is 21.7. The lowest BCUT2D eigenvalue weighted by Gasteiger charge is -2.73. The second kappa shape index (κ2) is 41.4. The molecule has 5 saturated carbocycles. The fourth-order valence-electron chi connectivity index (χ4n) is 25.0. The van der Waals surface area contributed by atoms with Crippen LogP contribution in [0.3, 0.4) is 0 Å². The van der Waals surface area contributed by atoms with E-state index in [0.29, 0.717) is 32.1 Å². The van der Waals surface area contributed by atoms with E-state index in [1.807, 2.05) is 37.3 Å². The highest BCUT2D eigenvalue weighted by atomic mass is 16.8. The minimum Gasteiger partial charge on any atom is -0.459 e. The molecule has 25 heteroatoms. The Hall–Kier alpha value is -12.6. The predicted octanol–water partition coefficient (Wildman–Crippen LogP) is 19.2. The molecule has 4 saturated heterocycles. The fraction of sp³-hybridized carbons (Fsp3) is 0.412. The van der Waals surface area contributed by atoms with Gasteiger partial charge in [0.1, 0.15) is 49.8 Å². The molecule has 0 bridgehead atoms. The van der Waals surface area contributed by atoms with Crippen molar-refractivity contribution in [3.8, 4) is 0 Å². The Morgan fingerprint density at radius 3 is 1.20 bits per heavy atom. The summed E-state index contributed by atoms with van der Waals surface area (Å²) in [5.74, 6) is -8.26. The van der Waals surface area contributed by atoms with E-state index in [9.17, 15) is 28.8 Å². The van der Waals surface area contributed by atoms with Crippen molar-refractivity contribution in [2.24, 2.45) is 62.6 Å². The van der Waals surface area contributed by atoms with Gasteiger partial charge in [-0.05, 0) is 225 Å². The molecule has 26 atom stereocenters. The van der Waals surface area contributed by atoms with Gasteiger partial charge in [0.2, 0.25) is 12.4 Å². The maximum Gasteiger partial charge on any atom is 0.338 e. The number of fused-ring (bicyclic) bond motifs is 8. The minimum atomic E-state index is -1.88. The van der Waals surface area contributed by atoms with Crippen LogP contribution in [0.5, 0.6) is 0 Å². The molecule has 5 aliphatic carbocycles. The van der Waals surface area contributed by atoms with Crippen LogP contribution in [-0.4, -0.2) is 172 Å². The molecule has 4 aliphatic heterocycles. The highest BCUT2D eigenvalue weighted by Gasteiger charge is 2.74. The third kappa shape index (κ3) is 19.4. The zero-order valence-electron chi connectivity index (χ0n) is 78.8. The number of ether oxygens (including phenoxy) is 16. The first-order chi connectivity index (χ1) is 67.3. The monoisotopic (exact) mass is 1890 g/mol. The third-order valence-electron chi connectivity index (χ3n) is 31.8.